The molecule has 0 spiro atoms. The summed E-state index contributed by atoms with van der Waals surface area (Å²) < 4.78 is 5.08. The number of fused-ring (bicyclic) bond motifs is 1. The Morgan fingerprint density at radius 2 is 1.97 bits per heavy atom. The van der Waals surface area contributed by atoms with Gasteiger partial charge in [-0.1, -0.05) is 30.3 Å². The van der Waals surface area contributed by atoms with E-state index >= 15 is 0 Å². The maximum atomic E-state index is 12.8. The molecule has 2 aliphatic rings. The van der Waals surface area contributed by atoms with E-state index < -0.39 is 36.6 Å². The lowest BCUT2D eigenvalue weighted by atomic mass is 9.93. The number of thiophene rings is 1. The third kappa shape index (κ3) is 4.67. The quantitative estimate of drug-likeness (QED) is 0.510. The van der Waals surface area contributed by atoms with Crippen LogP contribution >= 0.6 is 11.3 Å². The molecule has 0 aliphatic carbocycles. The van der Waals surface area contributed by atoms with E-state index in [2.05, 4.69) is 5.32 Å². The highest BCUT2D eigenvalue weighted by Gasteiger charge is 2.48. The fourth-order valence-electron chi connectivity index (χ4n) is 3.97. The van der Waals surface area contributed by atoms with Crippen molar-refractivity contribution in [2.75, 3.05) is 19.7 Å². The van der Waals surface area contributed by atoms with Crippen molar-refractivity contribution in [2.24, 2.45) is 0 Å². The van der Waals surface area contributed by atoms with Crippen molar-refractivity contribution in [1.29, 1.82) is 0 Å². The van der Waals surface area contributed by atoms with Crippen LogP contribution in [0.3, 0.4) is 0 Å². The molecule has 0 saturated carbocycles. The molecule has 4 rings (SSSR count). The van der Waals surface area contributed by atoms with E-state index in [1.807, 2.05) is 41.8 Å². The molecular weight excluding hydrogens is 430 g/mol. The standard InChI is InChI=1S/C23H25N3O5S/c1-23(10-7-16-5-3-2-4-6-16)21(29)26(22(30)24-23)14-20(28)31-15-19(27)25-11-8-18-17(13-25)9-12-32-18/h2-6,9,12H,7-8,10-11,13-15H2,1H3,(H,24,30)/t23-/m1/s1. The van der Waals surface area contributed by atoms with Gasteiger partial charge in [0.25, 0.3) is 11.8 Å². The highest BCUT2D eigenvalue weighted by Crippen LogP contribution is 2.25. The van der Waals surface area contributed by atoms with E-state index in [-0.39, 0.29) is 5.91 Å². The zero-order valence-electron chi connectivity index (χ0n) is 17.8. The number of amides is 4. The monoisotopic (exact) mass is 455 g/mol. The van der Waals surface area contributed by atoms with Gasteiger partial charge in [0, 0.05) is 18.0 Å². The maximum absolute atomic E-state index is 12.8. The van der Waals surface area contributed by atoms with Crippen molar-refractivity contribution in [2.45, 2.75) is 38.3 Å². The van der Waals surface area contributed by atoms with Crippen LogP contribution in [0.4, 0.5) is 4.79 Å². The molecule has 2 aromatic rings. The van der Waals surface area contributed by atoms with Crippen molar-refractivity contribution in [3.05, 3.63) is 57.8 Å². The van der Waals surface area contributed by atoms with Crippen LogP contribution in [0.15, 0.2) is 41.8 Å². The van der Waals surface area contributed by atoms with E-state index in [1.165, 1.54) is 4.88 Å². The van der Waals surface area contributed by atoms with Crippen LogP contribution in [0, 0.1) is 0 Å². The fourth-order valence-corrected chi connectivity index (χ4v) is 4.86. The molecule has 1 atom stereocenters. The summed E-state index contributed by atoms with van der Waals surface area (Å²) in [7, 11) is 0. The Kier molecular flexibility index (Phi) is 6.27. The smallest absolute Gasteiger partial charge is 0.326 e. The van der Waals surface area contributed by atoms with Crippen LogP contribution in [0.25, 0.3) is 0 Å². The van der Waals surface area contributed by atoms with E-state index in [4.69, 9.17) is 4.74 Å². The number of hydrogen-bond donors (Lipinski definition) is 1. The van der Waals surface area contributed by atoms with Crippen LogP contribution in [-0.2, 0) is 38.5 Å². The summed E-state index contributed by atoms with van der Waals surface area (Å²) in [5.41, 5.74) is 1.09. The largest absolute Gasteiger partial charge is 0.454 e. The van der Waals surface area contributed by atoms with Crippen molar-refractivity contribution < 1.29 is 23.9 Å². The molecule has 0 unspecified atom stereocenters. The van der Waals surface area contributed by atoms with Crippen molar-refractivity contribution >= 4 is 35.2 Å². The van der Waals surface area contributed by atoms with Gasteiger partial charge in [0.1, 0.15) is 12.1 Å². The van der Waals surface area contributed by atoms with Gasteiger partial charge in [-0.3, -0.25) is 19.3 Å². The number of benzene rings is 1. The summed E-state index contributed by atoms with van der Waals surface area (Å²) in [5.74, 6) is -1.55. The van der Waals surface area contributed by atoms with E-state index in [1.54, 1.807) is 23.2 Å². The van der Waals surface area contributed by atoms with Gasteiger partial charge in [-0.05, 0) is 48.8 Å². The van der Waals surface area contributed by atoms with E-state index in [9.17, 15) is 19.2 Å². The summed E-state index contributed by atoms with van der Waals surface area (Å²) >= 11 is 1.68. The average molecular weight is 456 g/mol. The van der Waals surface area contributed by atoms with E-state index in [0.29, 0.717) is 25.9 Å². The summed E-state index contributed by atoms with van der Waals surface area (Å²) in [6.45, 7) is 1.81. The highest BCUT2D eigenvalue weighted by molar-refractivity contribution is 7.10. The predicted molar refractivity (Wildman–Crippen MR) is 118 cm³/mol. The second-order valence-electron chi connectivity index (χ2n) is 8.23. The van der Waals surface area contributed by atoms with Gasteiger partial charge in [0.2, 0.25) is 0 Å². The minimum atomic E-state index is -1.09. The first-order valence-corrected chi connectivity index (χ1v) is 11.4. The lowest BCUT2D eigenvalue weighted by Crippen LogP contribution is -2.45. The normalized spacial score (nSPS) is 20.2. The van der Waals surface area contributed by atoms with Crippen LogP contribution in [0.5, 0.6) is 0 Å². The lowest BCUT2D eigenvalue weighted by molar-refractivity contribution is -0.154. The molecule has 168 valence electrons. The number of carbonyl (C=O) groups excluding carboxylic acids is 4. The SMILES string of the molecule is C[C@]1(CCc2ccccc2)NC(=O)N(CC(=O)OCC(=O)N2CCc3sccc3C2)C1=O. The molecule has 1 N–H and O–H groups in total. The third-order valence-corrected chi connectivity index (χ3v) is 6.93. The van der Waals surface area contributed by atoms with Gasteiger partial charge in [-0.2, -0.15) is 0 Å². The van der Waals surface area contributed by atoms with Crippen LogP contribution < -0.4 is 5.32 Å². The number of imide groups is 1. The fraction of sp³-hybridized carbons (Fsp3) is 0.391. The van der Waals surface area contributed by atoms with Gasteiger partial charge in [0.15, 0.2) is 6.61 Å². The molecule has 32 heavy (non-hydrogen) atoms. The minimum Gasteiger partial charge on any atom is -0.454 e. The first-order valence-electron chi connectivity index (χ1n) is 10.5. The molecule has 8 nitrogen and oxygen atoms in total. The van der Waals surface area contributed by atoms with Gasteiger partial charge >= 0.3 is 12.0 Å². The summed E-state index contributed by atoms with van der Waals surface area (Å²) in [5, 5.41) is 4.69. The molecule has 1 fully saturated rings. The molecular formula is C23H25N3O5S. The molecule has 1 aromatic carbocycles. The Labute approximate surface area is 190 Å². The van der Waals surface area contributed by atoms with Crippen molar-refractivity contribution in [3.8, 4) is 0 Å². The van der Waals surface area contributed by atoms with Crippen molar-refractivity contribution in [3.63, 3.8) is 0 Å². The highest BCUT2D eigenvalue weighted by atomic mass is 32.1. The molecule has 0 radical (unpaired) electrons. The van der Waals surface area contributed by atoms with Crippen LogP contribution in [0.1, 0.15) is 29.3 Å². The van der Waals surface area contributed by atoms with Crippen LogP contribution in [-0.4, -0.2) is 58.8 Å². The maximum Gasteiger partial charge on any atom is 0.326 e. The van der Waals surface area contributed by atoms with Gasteiger partial charge < -0.3 is 15.0 Å². The average Bonchev–Trinajstić information content (AvgIpc) is 3.35. The summed E-state index contributed by atoms with van der Waals surface area (Å²) in [6.07, 6.45) is 1.81. The second kappa shape index (κ2) is 9.12. The summed E-state index contributed by atoms with van der Waals surface area (Å²) in [4.78, 5) is 53.6. The number of urea groups is 1. The molecule has 9 heteroatoms. The van der Waals surface area contributed by atoms with Crippen LogP contribution in [0.2, 0.25) is 0 Å². The topological polar surface area (TPSA) is 96.0 Å². The Morgan fingerprint density at radius 1 is 1.19 bits per heavy atom. The van der Waals surface area contributed by atoms with Gasteiger partial charge in [0.05, 0.1) is 0 Å². The Balaban J connectivity index is 1.27. The number of carbonyl (C=O) groups is 4. The molecule has 3 heterocycles. The Morgan fingerprint density at radius 3 is 2.75 bits per heavy atom. The van der Waals surface area contributed by atoms with Gasteiger partial charge in [-0.25, -0.2) is 4.79 Å². The number of nitrogens with zero attached hydrogens (tertiary/aromatic N) is 2. The number of esters is 1. The molecule has 4 amide bonds. The lowest BCUT2D eigenvalue weighted by Gasteiger charge is -2.26. The Hall–Kier alpha value is -3.20. The van der Waals surface area contributed by atoms with E-state index in [0.717, 1.165) is 22.4 Å². The molecule has 0 bridgehead atoms. The summed E-state index contributed by atoms with van der Waals surface area (Å²) in [6, 6.07) is 11.0. The predicted octanol–water partition coefficient (Wildman–Crippen LogP) is 2.12. The first-order chi connectivity index (χ1) is 15.4. The molecule has 1 saturated heterocycles. The third-order valence-electron chi connectivity index (χ3n) is 5.91. The minimum absolute atomic E-state index is 0.292. The number of rotatable bonds is 7. The number of nitrogens with one attached hydrogen (secondary N) is 1. The molecule has 2 aliphatic heterocycles. The Bertz CT molecular complexity index is 1040. The van der Waals surface area contributed by atoms with Crippen molar-refractivity contribution in [1.82, 2.24) is 15.1 Å². The van der Waals surface area contributed by atoms with Gasteiger partial charge in [-0.15, -0.1) is 11.3 Å². The zero-order valence-corrected chi connectivity index (χ0v) is 18.7. The number of hydrogen-bond acceptors (Lipinski definition) is 6. The zero-order chi connectivity index (χ0) is 22.7. The number of aryl methyl sites for hydroxylation is 1. The number of ether oxygens (including phenoxy) is 1. The molecule has 1 aromatic heterocycles. The second-order valence-corrected chi connectivity index (χ2v) is 9.23. The first kappa shape index (κ1) is 22.0.